The van der Waals surface area contributed by atoms with Gasteiger partial charge in [0.1, 0.15) is 22.7 Å². The summed E-state index contributed by atoms with van der Waals surface area (Å²) >= 11 is 0. The Balaban J connectivity index is 1.46. The number of benzene rings is 1. The molecule has 4 rings (SSSR count). The maximum atomic E-state index is 12.6. The maximum absolute atomic E-state index is 12.6. The Morgan fingerprint density at radius 2 is 1.80 bits per heavy atom. The van der Waals surface area contributed by atoms with Crippen molar-refractivity contribution in [3.63, 3.8) is 0 Å². The van der Waals surface area contributed by atoms with Crippen LogP contribution in [0.2, 0.25) is 0 Å². The summed E-state index contributed by atoms with van der Waals surface area (Å²) in [6.45, 7) is 3.00. The molecule has 8 nitrogen and oxygen atoms in total. The molecule has 0 radical (unpaired) electrons. The summed E-state index contributed by atoms with van der Waals surface area (Å²) in [6.07, 6.45) is 6.17. The molecule has 156 valence electrons. The van der Waals surface area contributed by atoms with Crippen molar-refractivity contribution < 1.29 is 13.2 Å². The molecule has 1 saturated heterocycles. The molecule has 1 atom stereocenters. The third-order valence-corrected chi connectivity index (χ3v) is 7.03. The third kappa shape index (κ3) is 4.12. The summed E-state index contributed by atoms with van der Waals surface area (Å²) in [5.74, 6) is 0.191. The first-order valence-electron chi connectivity index (χ1n) is 9.81. The van der Waals surface area contributed by atoms with Crippen molar-refractivity contribution in [3.05, 3.63) is 72.4 Å². The second kappa shape index (κ2) is 8.37. The predicted molar refractivity (Wildman–Crippen MR) is 112 cm³/mol. The van der Waals surface area contributed by atoms with E-state index in [4.69, 9.17) is 0 Å². The van der Waals surface area contributed by atoms with E-state index in [1.54, 1.807) is 16.8 Å². The van der Waals surface area contributed by atoms with E-state index in [1.807, 2.05) is 37.3 Å². The molecule has 1 aliphatic rings. The molecule has 2 aromatic heterocycles. The van der Waals surface area contributed by atoms with Gasteiger partial charge in [-0.05, 0) is 37.5 Å². The van der Waals surface area contributed by atoms with Gasteiger partial charge in [-0.1, -0.05) is 30.3 Å². The van der Waals surface area contributed by atoms with E-state index in [1.165, 1.54) is 22.9 Å². The van der Waals surface area contributed by atoms with Gasteiger partial charge >= 0.3 is 0 Å². The summed E-state index contributed by atoms with van der Waals surface area (Å²) in [4.78, 5) is 21.1. The summed E-state index contributed by atoms with van der Waals surface area (Å²) in [7, 11) is -3.50. The van der Waals surface area contributed by atoms with Crippen LogP contribution in [0, 0.1) is 0 Å². The van der Waals surface area contributed by atoms with Crippen LogP contribution in [0.3, 0.4) is 0 Å². The third-order valence-electron chi connectivity index (χ3n) is 5.15. The Morgan fingerprint density at radius 3 is 2.47 bits per heavy atom. The number of pyridine rings is 1. The van der Waals surface area contributed by atoms with Gasteiger partial charge in [0.05, 0.1) is 6.04 Å². The van der Waals surface area contributed by atoms with Crippen molar-refractivity contribution in [1.29, 1.82) is 0 Å². The molecule has 9 heteroatoms. The van der Waals surface area contributed by atoms with E-state index in [0.29, 0.717) is 18.9 Å². The first kappa shape index (κ1) is 20.2. The highest BCUT2D eigenvalue weighted by atomic mass is 32.2. The lowest BCUT2D eigenvalue weighted by atomic mass is 10.1. The molecule has 1 aliphatic heterocycles. The second-order valence-corrected chi connectivity index (χ2v) is 9.17. The monoisotopic (exact) mass is 425 g/mol. The van der Waals surface area contributed by atoms with Crippen LogP contribution in [0.1, 0.15) is 41.9 Å². The molecular formula is C21H23N5O3S. The van der Waals surface area contributed by atoms with Crippen molar-refractivity contribution in [1.82, 2.24) is 24.2 Å². The number of carbonyl (C=O) groups excluding carboxylic acids is 1. The molecule has 0 spiro atoms. The molecule has 30 heavy (non-hydrogen) atoms. The number of nitrogens with zero attached hydrogens (tertiary/aromatic N) is 4. The van der Waals surface area contributed by atoms with Gasteiger partial charge < -0.3 is 5.32 Å². The van der Waals surface area contributed by atoms with Crippen LogP contribution in [0.25, 0.3) is 5.82 Å². The van der Waals surface area contributed by atoms with Crippen molar-refractivity contribution in [2.45, 2.75) is 30.7 Å². The fourth-order valence-corrected chi connectivity index (χ4v) is 4.88. The van der Waals surface area contributed by atoms with Crippen molar-refractivity contribution in [2.75, 3.05) is 13.1 Å². The number of sulfonamides is 1. The lowest BCUT2D eigenvalue weighted by molar-refractivity contribution is 0.0935. The van der Waals surface area contributed by atoms with Crippen LogP contribution in [0.5, 0.6) is 0 Å². The number of hydrogen-bond donors (Lipinski definition) is 1. The van der Waals surface area contributed by atoms with Gasteiger partial charge in [0.25, 0.3) is 5.91 Å². The van der Waals surface area contributed by atoms with Gasteiger partial charge in [-0.3, -0.25) is 9.36 Å². The second-order valence-electron chi connectivity index (χ2n) is 7.24. The highest BCUT2D eigenvalue weighted by Gasteiger charge is 2.27. The average molecular weight is 426 g/mol. The fraction of sp³-hybridized carbons (Fsp3) is 0.286. The standard InChI is InChI=1S/C21H23N5O3S/c1-16(17-7-3-2-4-8-17)24-21(27)19-14-25(15-23-19)20-10-9-18(13-22-20)30(28,29)26-11-5-6-12-26/h2-4,7-10,13-16H,5-6,11-12H2,1H3,(H,24,27)/t16-/m1/s1. The summed E-state index contributed by atoms with van der Waals surface area (Å²) in [5, 5.41) is 2.92. The van der Waals surface area contributed by atoms with Crippen LogP contribution in [-0.2, 0) is 10.0 Å². The summed E-state index contributed by atoms with van der Waals surface area (Å²) < 4.78 is 28.3. The van der Waals surface area contributed by atoms with Gasteiger partial charge in [0, 0.05) is 25.5 Å². The zero-order chi connectivity index (χ0) is 21.1. The number of imidazole rings is 1. The molecule has 0 bridgehead atoms. The Bertz CT molecular complexity index is 1120. The number of rotatable bonds is 6. The number of aromatic nitrogens is 3. The summed E-state index contributed by atoms with van der Waals surface area (Å²) in [5.41, 5.74) is 1.26. The molecule has 1 fully saturated rings. The molecule has 0 saturated carbocycles. The Labute approximate surface area is 175 Å². The van der Waals surface area contributed by atoms with Crippen LogP contribution >= 0.6 is 0 Å². The smallest absolute Gasteiger partial charge is 0.271 e. The highest BCUT2D eigenvalue weighted by Crippen LogP contribution is 2.21. The topological polar surface area (TPSA) is 97.2 Å². The summed E-state index contributed by atoms with van der Waals surface area (Å²) in [6, 6.07) is 12.7. The first-order valence-corrected chi connectivity index (χ1v) is 11.3. The van der Waals surface area contributed by atoms with Gasteiger partial charge in [-0.25, -0.2) is 18.4 Å². The van der Waals surface area contributed by atoms with E-state index in [2.05, 4.69) is 15.3 Å². The lowest BCUT2D eigenvalue weighted by Gasteiger charge is -2.15. The molecule has 1 amide bonds. The molecule has 1 aromatic carbocycles. The van der Waals surface area contributed by atoms with E-state index in [9.17, 15) is 13.2 Å². The van der Waals surface area contributed by atoms with E-state index in [-0.39, 0.29) is 22.5 Å². The van der Waals surface area contributed by atoms with E-state index >= 15 is 0 Å². The van der Waals surface area contributed by atoms with Crippen LogP contribution in [0.15, 0.2) is 66.1 Å². The van der Waals surface area contributed by atoms with Gasteiger partial charge in [-0.2, -0.15) is 4.31 Å². The predicted octanol–water partition coefficient (Wildman–Crippen LogP) is 2.54. The Hall–Kier alpha value is -3.04. The Kier molecular flexibility index (Phi) is 5.65. The number of amides is 1. The molecular weight excluding hydrogens is 402 g/mol. The molecule has 0 aliphatic carbocycles. The highest BCUT2D eigenvalue weighted by molar-refractivity contribution is 7.89. The van der Waals surface area contributed by atoms with E-state index < -0.39 is 10.0 Å². The minimum Gasteiger partial charge on any atom is -0.344 e. The molecule has 3 aromatic rings. The van der Waals surface area contributed by atoms with Crippen molar-refractivity contribution in [3.8, 4) is 5.82 Å². The SMILES string of the molecule is C[C@@H](NC(=O)c1cn(-c2ccc(S(=O)(=O)N3CCCC3)cn2)cn1)c1ccccc1. The van der Waals surface area contributed by atoms with Crippen molar-refractivity contribution in [2.24, 2.45) is 0 Å². The van der Waals surface area contributed by atoms with Gasteiger partial charge in [-0.15, -0.1) is 0 Å². The number of hydrogen-bond acceptors (Lipinski definition) is 5. The quantitative estimate of drug-likeness (QED) is 0.655. The zero-order valence-electron chi connectivity index (χ0n) is 16.6. The molecule has 1 N–H and O–H groups in total. The first-order chi connectivity index (χ1) is 14.4. The van der Waals surface area contributed by atoms with E-state index in [0.717, 1.165) is 18.4 Å². The normalized spacial score (nSPS) is 15.8. The minimum absolute atomic E-state index is 0.156. The van der Waals surface area contributed by atoms with Crippen LogP contribution in [-0.4, -0.2) is 46.3 Å². The fourth-order valence-electron chi connectivity index (χ4n) is 3.42. The Morgan fingerprint density at radius 1 is 1.07 bits per heavy atom. The number of nitrogens with one attached hydrogen (secondary N) is 1. The average Bonchev–Trinajstić information content (AvgIpc) is 3.47. The maximum Gasteiger partial charge on any atom is 0.271 e. The van der Waals surface area contributed by atoms with Crippen molar-refractivity contribution >= 4 is 15.9 Å². The van der Waals surface area contributed by atoms with Crippen LogP contribution < -0.4 is 5.32 Å². The molecule has 3 heterocycles. The zero-order valence-corrected chi connectivity index (χ0v) is 17.4. The molecule has 0 unspecified atom stereocenters. The minimum atomic E-state index is -3.50. The lowest BCUT2D eigenvalue weighted by Crippen LogP contribution is -2.28. The van der Waals surface area contributed by atoms with Gasteiger partial charge in [0.15, 0.2) is 0 Å². The van der Waals surface area contributed by atoms with Crippen LogP contribution in [0.4, 0.5) is 0 Å². The number of carbonyl (C=O) groups is 1. The largest absolute Gasteiger partial charge is 0.344 e. The van der Waals surface area contributed by atoms with Gasteiger partial charge in [0.2, 0.25) is 10.0 Å².